The molecular formula is C20H23N3O3. The largest absolute Gasteiger partial charge is 0.481 e. The van der Waals surface area contributed by atoms with Crippen LogP contribution in [0.5, 0.6) is 0 Å². The van der Waals surface area contributed by atoms with Gasteiger partial charge in [-0.05, 0) is 12.1 Å². The van der Waals surface area contributed by atoms with Gasteiger partial charge in [0.25, 0.3) is 0 Å². The number of carboxylic acids is 1. The van der Waals surface area contributed by atoms with Crippen LogP contribution in [0.25, 0.3) is 21.8 Å². The zero-order valence-electron chi connectivity index (χ0n) is 15.0. The summed E-state index contributed by atoms with van der Waals surface area (Å²) in [6, 6.07) is 16.2. The van der Waals surface area contributed by atoms with Gasteiger partial charge in [-0.15, -0.1) is 0 Å². The highest BCUT2D eigenvalue weighted by Gasteiger charge is 2.17. The highest BCUT2D eigenvalue weighted by atomic mass is 16.4. The third-order valence-corrected chi connectivity index (χ3v) is 4.61. The molecule has 26 heavy (non-hydrogen) atoms. The van der Waals surface area contributed by atoms with Crippen LogP contribution in [0.15, 0.2) is 48.5 Å². The van der Waals surface area contributed by atoms with Gasteiger partial charge in [-0.3, -0.25) is 4.79 Å². The predicted octanol–water partition coefficient (Wildman–Crippen LogP) is 3.16. The lowest BCUT2D eigenvalue weighted by Gasteiger charge is -2.20. The monoisotopic (exact) mass is 353 g/mol. The summed E-state index contributed by atoms with van der Waals surface area (Å²) in [6.07, 6.45) is 0. The van der Waals surface area contributed by atoms with Gasteiger partial charge in [0.1, 0.15) is 0 Å². The van der Waals surface area contributed by atoms with Crippen LogP contribution in [0.2, 0.25) is 0 Å². The maximum Gasteiger partial charge on any atom is 0.317 e. The van der Waals surface area contributed by atoms with Gasteiger partial charge in [0.05, 0.1) is 5.92 Å². The molecule has 136 valence electrons. The predicted molar refractivity (Wildman–Crippen MR) is 102 cm³/mol. The SMILES string of the molecule is CC(CN(C)C(=O)NCCn1c2ccccc2c2ccccc21)C(=O)O. The van der Waals surface area contributed by atoms with Crippen molar-refractivity contribution in [2.45, 2.75) is 13.5 Å². The van der Waals surface area contributed by atoms with Gasteiger partial charge in [0.2, 0.25) is 0 Å². The summed E-state index contributed by atoms with van der Waals surface area (Å²) >= 11 is 0. The van der Waals surface area contributed by atoms with E-state index in [-0.39, 0.29) is 12.6 Å². The average molecular weight is 353 g/mol. The number of aliphatic carboxylic acids is 1. The van der Waals surface area contributed by atoms with Gasteiger partial charge >= 0.3 is 12.0 Å². The molecule has 3 aromatic rings. The van der Waals surface area contributed by atoms with Crippen LogP contribution in [0, 0.1) is 5.92 Å². The van der Waals surface area contributed by atoms with Crippen LogP contribution < -0.4 is 5.32 Å². The van der Waals surface area contributed by atoms with E-state index in [0.717, 1.165) is 11.0 Å². The van der Waals surface area contributed by atoms with Crippen LogP contribution in [0.1, 0.15) is 6.92 Å². The number of rotatable bonds is 6. The molecule has 2 amide bonds. The summed E-state index contributed by atoms with van der Waals surface area (Å²) in [4.78, 5) is 24.5. The number of benzene rings is 2. The van der Waals surface area contributed by atoms with Crippen molar-refractivity contribution >= 4 is 33.8 Å². The maximum absolute atomic E-state index is 12.2. The van der Waals surface area contributed by atoms with E-state index in [4.69, 9.17) is 5.11 Å². The zero-order chi connectivity index (χ0) is 18.7. The fourth-order valence-electron chi connectivity index (χ4n) is 3.23. The Bertz CT molecular complexity index is 895. The van der Waals surface area contributed by atoms with Crippen molar-refractivity contribution in [3.8, 4) is 0 Å². The van der Waals surface area contributed by atoms with E-state index in [1.165, 1.54) is 15.7 Å². The Morgan fingerprint density at radius 1 is 1.08 bits per heavy atom. The Hall–Kier alpha value is -3.02. The molecule has 0 bridgehead atoms. The number of amides is 2. The first-order chi connectivity index (χ1) is 12.5. The highest BCUT2D eigenvalue weighted by Crippen LogP contribution is 2.28. The van der Waals surface area contributed by atoms with Gasteiger partial charge in [0.15, 0.2) is 0 Å². The summed E-state index contributed by atoms with van der Waals surface area (Å²) in [7, 11) is 1.61. The Morgan fingerprint density at radius 2 is 1.62 bits per heavy atom. The third-order valence-electron chi connectivity index (χ3n) is 4.61. The second-order valence-electron chi connectivity index (χ2n) is 6.54. The third kappa shape index (κ3) is 3.49. The van der Waals surface area contributed by atoms with E-state index in [0.29, 0.717) is 13.1 Å². The van der Waals surface area contributed by atoms with Gasteiger partial charge in [-0.1, -0.05) is 43.3 Å². The number of nitrogens with zero attached hydrogens (tertiary/aromatic N) is 2. The lowest BCUT2D eigenvalue weighted by molar-refractivity contribution is -0.141. The van der Waals surface area contributed by atoms with Gasteiger partial charge < -0.3 is 19.9 Å². The topological polar surface area (TPSA) is 74.6 Å². The molecule has 1 heterocycles. The first kappa shape index (κ1) is 17.8. The minimum atomic E-state index is -0.907. The van der Waals surface area contributed by atoms with Gasteiger partial charge in [-0.25, -0.2) is 4.79 Å². The van der Waals surface area contributed by atoms with E-state index in [1.807, 2.05) is 24.3 Å². The number of para-hydroxylation sites is 2. The molecule has 2 aromatic carbocycles. The highest BCUT2D eigenvalue weighted by molar-refractivity contribution is 6.07. The molecule has 2 N–H and O–H groups in total. The first-order valence-corrected chi connectivity index (χ1v) is 8.66. The van der Waals surface area contributed by atoms with E-state index in [1.54, 1.807) is 14.0 Å². The van der Waals surface area contributed by atoms with Crippen LogP contribution >= 0.6 is 0 Å². The Balaban J connectivity index is 1.70. The van der Waals surface area contributed by atoms with Crippen LogP contribution in [0.4, 0.5) is 4.79 Å². The molecule has 0 aliphatic heterocycles. The van der Waals surface area contributed by atoms with Crippen molar-refractivity contribution in [1.29, 1.82) is 0 Å². The number of fused-ring (bicyclic) bond motifs is 3. The number of urea groups is 1. The zero-order valence-corrected chi connectivity index (χ0v) is 15.0. The first-order valence-electron chi connectivity index (χ1n) is 8.66. The average Bonchev–Trinajstić information content (AvgIpc) is 2.96. The number of nitrogens with one attached hydrogen (secondary N) is 1. The minimum absolute atomic E-state index is 0.177. The van der Waals surface area contributed by atoms with Crippen molar-refractivity contribution in [3.05, 3.63) is 48.5 Å². The molecule has 0 aliphatic rings. The van der Waals surface area contributed by atoms with Crippen molar-refractivity contribution in [2.24, 2.45) is 5.92 Å². The quantitative estimate of drug-likeness (QED) is 0.715. The Kier molecular flexibility index (Phi) is 5.11. The van der Waals surface area contributed by atoms with E-state index >= 15 is 0 Å². The molecule has 6 heteroatoms. The molecule has 0 radical (unpaired) electrons. The maximum atomic E-state index is 12.2. The minimum Gasteiger partial charge on any atom is -0.481 e. The summed E-state index contributed by atoms with van der Waals surface area (Å²) < 4.78 is 2.20. The standard InChI is InChI=1S/C20H23N3O3/c1-14(19(24)25)13-22(2)20(26)21-11-12-23-17-9-5-3-7-15(17)16-8-4-6-10-18(16)23/h3-10,14H,11-13H2,1-2H3,(H,21,26)(H,24,25). The second kappa shape index (κ2) is 7.47. The van der Waals surface area contributed by atoms with E-state index in [9.17, 15) is 9.59 Å². The molecule has 1 unspecified atom stereocenters. The summed E-state index contributed by atoms with van der Waals surface area (Å²) in [5.41, 5.74) is 2.27. The number of aromatic nitrogens is 1. The van der Waals surface area contributed by atoms with E-state index in [2.05, 4.69) is 34.1 Å². The fourth-order valence-corrected chi connectivity index (χ4v) is 3.23. The molecular weight excluding hydrogens is 330 g/mol. The van der Waals surface area contributed by atoms with Crippen LogP contribution in [-0.2, 0) is 11.3 Å². The summed E-state index contributed by atoms with van der Waals surface area (Å²) in [6.45, 7) is 2.87. The summed E-state index contributed by atoms with van der Waals surface area (Å²) in [5.74, 6) is -1.50. The van der Waals surface area contributed by atoms with E-state index < -0.39 is 11.9 Å². The second-order valence-corrected chi connectivity index (χ2v) is 6.54. The normalized spacial score (nSPS) is 12.2. The Morgan fingerprint density at radius 3 is 2.15 bits per heavy atom. The Labute approximate surface area is 152 Å². The fraction of sp³-hybridized carbons (Fsp3) is 0.300. The number of hydrogen-bond donors (Lipinski definition) is 2. The van der Waals surface area contributed by atoms with Crippen molar-refractivity contribution in [3.63, 3.8) is 0 Å². The lowest BCUT2D eigenvalue weighted by Crippen LogP contribution is -2.41. The molecule has 3 rings (SSSR count). The molecule has 0 aliphatic carbocycles. The molecule has 1 atom stereocenters. The van der Waals surface area contributed by atoms with Crippen LogP contribution in [0.3, 0.4) is 0 Å². The molecule has 1 aromatic heterocycles. The van der Waals surface area contributed by atoms with Crippen LogP contribution in [-0.4, -0.2) is 46.7 Å². The molecule has 6 nitrogen and oxygen atoms in total. The van der Waals surface area contributed by atoms with Gasteiger partial charge in [-0.2, -0.15) is 0 Å². The number of carboxylic acid groups (broad SMARTS) is 1. The molecule has 0 spiro atoms. The number of hydrogen-bond acceptors (Lipinski definition) is 2. The van der Waals surface area contributed by atoms with Crippen molar-refractivity contribution in [1.82, 2.24) is 14.8 Å². The molecule has 0 saturated carbocycles. The molecule has 0 saturated heterocycles. The molecule has 0 fully saturated rings. The van der Waals surface area contributed by atoms with Crippen molar-refractivity contribution < 1.29 is 14.7 Å². The summed E-state index contributed by atoms with van der Waals surface area (Å²) in [5, 5.41) is 14.2. The number of carbonyl (C=O) groups excluding carboxylic acids is 1. The van der Waals surface area contributed by atoms with Crippen molar-refractivity contribution in [2.75, 3.05) is 20.1 Å². The van der Waals surface area contributed by atoms with Gasteiger partial charge in [0, 0.05) is 48.5 Å². The number of carbonyl (C=O) groups is 2. The smallest absolute Gasteiger partial charge is 0.317 e. The lowest BCUT2D eigenvalue weighted by atomic mass is 10.2.